The van der Waals surface area contributed by atoms with Gasteiger partial charge in [0.2, 0.25) is 18.5 Å². The summed E-state index contributed by atoms with van der Waals surface area (Å²) in [6.45, 7) is 2.87. The van der Waals surface area contributed by atoms with Gasteiger partial charge in [0.1, 0.15) is 11.8 Å². The normalized spacial score (nSPS) is 20.5. The molecule has 1 saturated heterocycles. The molecule has 1 fully saturated rings. The van der Waals surface area contributed by atoms with Crippen molar-refractivity contribution < 1.29 is 18.7 Å². The van der Waals surface area contributed by atoms with E-state index in [2.05, 4.69) is 33.1 Å². The van der Waals surface area contributed by atoms with Gasteiger partial charge in [-0.3, -0.25) is 0 Å². The first kappa shape index (κ1) is 17.0. The zero-order valence-corrected chi connectivity index (χ0v) is 15.3. The topological polar surface area (TPSA) is 90.7 Å². The third-order valence-electron chi connectivity index (χ3n) is 4.87. The molecule has 0 radical (unpaired) electrons. The van der Waals surface area contributed by atoms with E-state index < -0.39 is 0 Å². The molecule has 8 nitrogen and oxygen atoms in total. The molecule has 2 aromatic carbocycles. The monoisotopic (exact) mass is 380 g/mol. The van der Waals surface area contributed by atoms with Crippen molar-refractivity contribution in [3.8, 4) is 28.6 Å². The number of nitrogens with one attached hydrogen (secondary N) is 2. The molecule has 1 aromatic heterocycles. The third kappa shape index (κ3) is 3.17. The Kier molecular flexibility index (Phi) is 4.34. The molecule has 0 aliphatic carbocycles. The summed E-state index contributed by atoms with van der Waals surface area (Å²) in [4.78, 5) is 4.56. The quantitative estimate of drug-likeness (QED) is 0.698. The Morgan fingerprint density at radius 3 is 2.71 bits per heavy atom. The second-order valence-corrected chi connectivity index (χ2v) is 6.66. The van der Waals surface area contributed by atoms with E-state index in [-0.39, 0.29) is 18.9 Å². The first-order chi connectivity index (χ1) is 13.8. The predicted octanol–water partition coefficient (Wildman–Crippen LogP) is 3.14. The number of hydrogen-bond acceptors (Lipinski definition) is 8. The molecule has 2 aliphatic rings. The van der Waals surface area contributed by atoms with Crippen LogP contribution in [0.3, 0.4) is 0 Å². The summed E-state index contributed by atoms with van der Waals surface area (Å²) in [5.74, 6) is 3.37. The summed E-state index contributed by atoms with van der Waals surface area (Å²) in [5, 5.41) is 4.12. The van der Waals surface area contributed by atoms with Crippen molar-refractivity contribution in [3.05, 3.63) is 53.9 Å². The highest BCUT2D eigenvalue weighted by Gasteiger charge is 2.30. The van der Waals surface area contributed by atoms with Crippen LogP contribution in [0.25, 0.3) is 11.4 Å². The minimum Gasteiger partial charge on any atom is -0.494 e. The third-order valence-corrected chi connectivity index (χ3v) is 4.87. The SMILES string of the molecule is CCOc1ccc(C2CC(c3nc(-c4ccc5c(c4)OCO5)no3)NN2)cc1. The highest BCUT2D eigenvalue weighted by atomic mass is 16.7. The molecule has 28 heavy (non-hydrogen) atoms. The highest BCUT2D eigenvalue weighted by Crippen LogP contribution is 2.36. The van der Waals surface area contributed by atoms with Gasteiger partial charge < -0.3 is 18.7 Å². The second-order valence-electron chi connectivity index (χ2n) is 6.66. The second kappa shape index (κ2) is 7.14. The summed E-state index contributed by atoms with van der Waals surface area (Å²) in [6.07, 6.45) is 0.802. The fraction of sp³-hybridized carbons (Fsp3) is 0.300. The van der Waals surface area contributed by atoms with Crippen molar-refractivity contribution >= 4 is 0 Å². The Labute approximate surface area is 161 Å². The van der Waals surface area contributed by atoms with Crippen molar-refractivity contribution in [1.82, 2.24) is 21.0 Å². The maximum atomic E-state index is 5.50. The van der Waals surface area contributed by atoms with Crippen molar-refractivity contribution in [2.24, 2.45) is 0 Å². The van der Waals surface area contributed by atoms with Crippen molar-refractivity contribution in [3.63, 3.8) is 0 Å². The van der Waals surface area contributed by atoms with E-state index >= 15 is 0 Å². The molecule has 5 rings (SSSR count). The number of fused-ring (bicyclic) bond motifs is 1. The standard InChI is InChI=1S/C20H20N4O4/c1-2-25-14-6-3-12(4-7-14)15-10-16(23-22-15)20-21-19(24-28-20)13-5-8-17-18(9-13)27-11-26-17/h3-9,15-16,22-23H,2,10-11H2,1H3. The van der Waals surface area contributed by atoms with Gasteiger partial charge in [0.25, 0.3) is 0 Å². The first-order valence-corrected chi connectivity index (χ1v) is 9.27. The lowest BCUT2D eigenvalue weighted by Crippen LogP contribution is -2.26. The number of hydrogen-bond donors (Lipinski definition) is 2. The zero-order valence-electron chi connectivity index (χ0n) is 15.3. The zero-order chi connectivity index (χ0) is 18.9. The summed E-state index contributed by atoms with van der Waals surface area (Å²) < 4.78 is 21.8. The van der Waals surface area contributed by atoms with Crippen LogP contribution in [0, 0.1) is 0 Å². The van der Waals surface area contributed by atoms with Crippen LogP contribution in [-0.4, -0.2) is 23.5 Å². The Hall–Kier alpha value is -3.10. The lowest BCUT2D eigenvalue weighted by Gasteiger charge is -2.10. The average molecular weight is 380 g/mol. The summed E-state index contributed by atoms with van der Waals surface area (Å²) >= 11 is 0. The molecule has 0 saturated carbocycles. The molecule has 3 aromatic rings. The van der Waals surface area contributed by atoms with Crippen LogP contribution in [0.1, 0.15) is 36.9 Å². The van der Waals surface area contributed by atoms with E-state index in [9.17, 15) is 0 Å². The van der Waals surface area contributed by atoms with Crippen LogP contribution < -0.4 is 25.1 Å². The number of aromatic nitrogens is 2. The summed E-state index contributed by atoms with van der Waals surface area (Å²) in [7, 11) is 0. The van der Waals surface area contributed by atoms with Crippen LogP contribution in [0.15, 0.2) is 47.0 Å². The van der Waals surface area contributed by atoms with E-state index in [0.29, 0.717) is 24.1 Å². The van der Waals surface area contributed by atoms with Crippen LogP contribution >= 0.6 is 0 Å². The molecular formula is C20H20N4O4. The van der Waals surface area contributed by atoms with Crippen molar-refractivity contribution in [1.29, 1.82) is 0 Å². The lowest BCUT2D eigenvalue weighted by atomic mass is 10.0. The number of hydrazine groups is 1. The van der Waals surface area contributed by atoms with Crippen LogP contribution in [-0.2, 0) is 0 Å². The molecule has 2 aliphatic heterocycles. The number of ether oxygens (including phenoxy) is 3. The highest BCUT2D eigenvalue weighted by molar-refractivity contribution is 5.61. The molecule has 2 unspecified atom stereocenters. The fourth-order valence-electron chi connectivity index (χ4n) is 3.43. The predicted molar refractivity (Wildman–Crippen MR) is 99.8 cm³/mol. The Morgan fingerprint density at radius 2 is 1.86 bits per heavy atom. The molecular weight excluding hydrogens is 360 g/mol. The Balaban J connectivity index is 1.29. The molecule has 144 valence electrons. The van der Waals surface area contributed by atoms with Gasteiger partial charge in [0, 0.05) is 11.6 Å². The minimum atomic E-state index is -0.0631. The molecule has 0 bridgehead atoms. The van der Waals surface area contributed by atoms with Gasteiger partial charge in [-0.15, -0.1) is 0 Å². The first-order valence-electron chi connectivity index (χ1n) is 9.27. The van der Waals surface area contributed by atoms with E-state index in [1.165, 1.54) is 5.56 Å². The van der Waals surface area contributed by atoms with Crippen LogP contribution in [0.5, 0.6) is 17.2 Å². The van der Waals surface area contributed by atoms with Gasteiger partial charge in [0.05, 0.1) is 6.61 Å². The largest absolute Gasteiger partial charge is 0.494 e. The number of nitrogens with zero attached hydrogens (tertiary/aromatic N) is 2. The lowest BCUT2D eigenvalue weighted by molar-refractivity contribution is 0.174. The number of benzene rings is 2. The average Bonchev–Trinajstić information content (AvgIpc) is 3.47. The Morgan fingerprint density at radius 1 is 1.04 bits per heavy atom. The van der Waals surface area contributed by atoms with E-state index in [1.54, 1.807) is 0 Å². The van der Waals surface area contributed by atoms with Crippen molar-refractivity contribution in [2.45, 2.75) is 25.4 Å². The van der Waals surface area contributed by atoms with E-state index in [4.69, 9.17) is 18.7 Å². The van der Waals surface area contributed by atoms with Crippen LogP contribution in [0.4, 0.5) is 0 Å². The molecule has 0 spiro atoms. The molecule has 0 amide bonds. The molecule has 2 atom stereocenters. The maximum absolute atomic E-state index is 5.50. The van der Waals surface area contributed by atoms with Gasteiger partial charge in [-0.05, 0) is 49.2 Å². The molecule has 2 N–H and O–H groups in total. The summed E-state index contributed by atoms with van der Waals surface area (Å²) in [6, 6.07) is 13.8. The van der Waals surface area contributed by atoms with E-state index in [1.807, 2.05) is 37.3 Å². The number of rotatable bonds is 5. The smallest absolute Gasteiger partial charge is 0.245 e. The molecule has 8 heteroatoms. The van der Waals surface area contributed by atoms with Crippen LogP contribution in [0.2, 0.25) is 0 Å². The van der Waals surface area contributed by atoms with Gasteiger partial charge in [0.15, 0.2) is 11.5 Å². The van der Waals surface area contributed by atoms with Gasteiger partial charge >= 0.3 is 0 Å². The van der Waals surface area contributed by atoms with Crippen molar-refractivity contribution in [2.75, 3.05) is 13.4 Å². The maximum Gasteiger partial charge on any atom is 0.245 e. The minimum absolute atomic E-state index is 0.0631. The van der Waals surface area contributed by atoms with Gasteiger partial charge in [-0.2, -0.15) is 4.98 Å². The summed E-state index contributed by atoms with van der Waals surface area (Å²) in [5.41, 5.74) is 8.55. The molecule has 3 heterocycles. The van der Waals surface area contributed by atoms with Gasteiger partial charge in [-0.25, -0.2) is 10.9 Å². The van der Waals surface area contributed by atoms with E-state index in [0.717, 1.165) is 23.5 Å². The Bertz CT molecular complexity index is 973. The fourth-order valence-corrected chi connectivity index (χ4v) is 3.43. The van der Waals surface area contributed by atoms with Gasteiger partial charge in [-0.1, -0.05) is 17.3 Å².